The lowest BCUT2D eigenvalue weighted by Gasteiger charge is -2.10. The van der Waals surface area contributed by atoms with Crippen LogP contribution in [0.4, 0.5) is 0 Å². The molecular weight excluding hydrogens is 226 g/mol. The molecule has 0 aromatic heterocycles. The minimum absolute atomic E-state index is 0.285. The molecule has 1 rings (SSSR count). The summed E-state index contributed by atoms with van der Waals surface area (Å²) in [4.78, 5) is 11.3. The number of rotatable bonds is 3. The van der Waals surface area contributed by atoms with Gasteiger partial charge in [-0.15, -0.1) is 0 Å². The maximum Gasteiger partial charge on any atom is 0.224 e. The number of primary amides is 1. The lowest BCUT2D eigenvalue weighted by molar-refractivity contribution is -0.119. The Labute approximate surface area is 95.4 Å². The zero-order valence-electron chi connectivity index (χ0n) is 9.52. The number of amides is 1. The average molecular weight is 241 g/mol. The van der Waals surface area contributed by atoms with Crippen molar-refractivity contribution in [2.24, 2.45) is 5.73 Å². The fourth-order valence-corrected chi connectivity index (χ4v) is 2.48. The van der Waals surface area contributed by atoms with Gasteiger partial charge in [0.05, 0.1) is 10.8 Å². The second-order valence-corrected chi connectivity index (χ2v) is 5.91. The molecule has 0 aliphatic heterocycles. The van der Waals surface area contributed by atoms with Crippen LogP contribution in [0.1, 0.15) is 24.0 Å². The van der Waals surface area contributed by atoms with Crippen LogP contribution in [0.3, 0.4) is 0 Å². The molecule has 5 heteroatoms. The van der Waals surface area contributed by atoms with Gasteiger partial charge in [0.2, 0.25) is 5.91 Å². The first-order chi connectivity index (χ1) is 7.23. The Balaban J connectivity index is 3.25. The summed E-state index contributed by atoms with van der Waals surface area (Å²) in [7, 11) is -3.21. The second kappa shape index (κ2) is 4.25. The van der Waals surface area contributed by atoms with Crippen LogP contribution >= 0.6 is 0 Å². The van der Waals surface area contributed by atoms with Gasteiger partial charge in [-0.1, -0.05) is 12.1 Å². The molecule has 1 amide bonds. The molecule has 0 aliphatic rings. The summed E-state index contributed by atoms with van der Waals surface area (Å²) in [6.07, 6.45) is 1.16. The predicted molar refractivity (Wildman–Crippen MR) is 61.9 cm³/mol. The summed E-state index contributed by atoms with van der Waals surface area (Å²) in [5.41, 5.74) is 6.55. The maximum atomic E-state index is 11.4. The van der Waals surface area contributed by atoms with E-state index in [1.807, 2.05) is 0 Å². The van der Waals surface area contributed by atoms with Crippen molar-refractivity contribution in [1.29, 1.82) is 0 Å². The number of carbonyl (C=O) groups excluding carboxylic acids is 1. The van der Waals surface area contributed by atoms with Gasteiger partial charge in [0.15, 0.2) is 9.84 Å². The summed E-state index contributed by atoms with van der Waals surface area (Å²) in [6.45, 7) is 3.39. The van der Waals surface area contributed by atoms with E-state index in [-0.39, 0.29) is 4.90 Å². The number of benzene rings is 1. The van der Waals surface area contributed by atoms with E-state index in [0.29, 0.717) is 5.56 Å². The van der Waals surface area contributed by atoms with Crippen LogP contribution in [0.2, 0.25) is 0 Å². The van der Waals surface area contributed by atoms with Crippen molar-refractivity contribution in [3.8, 4) is 0 Å². The van der Waals surface area contributed by atoms with E-state index < -0.39 is 21.7 Å². The van der Waals surface area contributed by atoms with Gasteiger partial charge in [-0.2, -0.15) is 0 Å². The van der Waals surface area contributed by atoms with E-state index in [2.05, 4.69) is 0 Å². The van der Waals surface area contributed by atoms with E-state index in [0.717, 1.165) is 11.8 Å². The van der Waals surface area contributed by atoms with Gasteiger partial charge in [0.25, 0.3) is 0 Å². The van der Waals surface area contributed by atoms with Crippen LogP contribution in [-0.4, -0.2) is 20.6 Å². The third-order valence-corrected chi connectivity index (χ3v) is 3.78. The summed E-state index contributed by atoms with van der Waals surface area (Å²) < 4.78 is 22.8. The first kappa shape index (κ1) is 12.7. The Morgan fingerprint density at radius 3 is 2.31 bits per heavy atom. The monoisotopic (exact) mass is 241 g/mol. The van der Waals surface area contributed by atoms with Crippen molar-refractivity contribution >= 4 is 15.7 Å². The topological polar surface area (TPSA) is 77.2 Å². The molecule has 0 heterocycles. The van der Waals surface area contributed by atoms with E-state index in [1.165, 1.54) is 6.07 Å². The molecule has 1 aromatic carbocycles. The summed E-state index contributed by atoms with van der Waals surface area (Å²) in [5, 5.41) is 0. The maximum absolute atomic E-state index is 11.4. The van der Waals surface area contributed by atoms with Gasteiger partial charge >= 0.3 is 0 Å². The minimum atomic E-state index is -3.21. The smallest absolute Gasteiger partial charge is 0.224 e. The number of hydrogen-bond acceptors (Lipinski definition) is 3. The lowest BCUT2D eigenvalue weighted by atomic mass is 9.99. The minimum Gasteiger partial charge on any atom is -0.369 e. The summed E-state index contributed by atoms with van der Waals surface area (Å²) in [6, 6.07) is 4.82. The van der Waals surface area contributed by atoms with Crippen LogP contribution in [0, 0.1) is 6.92 Å². The van der Waals surface area contributed by atoms with Crippen LogP contribution in [0.25, 0.3) is 0 Å². The number of nitrogens with two attached hydrogens (primary N) is 1. The first-order valence-electron chi connectivity index (χ1n) is 4.83. The molecule has 2 N–H and O–H groups in total. The Bertz CT molecular complexity index is 520. The van der Waals surface area contributed by atoms with Crippen molar-refractivity contribution in [2.45, 2.75) is 24.7 Å². The van der Waals surface area contributed by atoms with Crippen molar-refractivity contribution in [2.75, 3.05) is 6.26 Å². The van der Waals surface area contributed by atoms with E-state index in [9.17, 15) is 13.2 Å². The summed E-state index contributed by atoms with van der Waals surface area (Å²) in [5.74, 6) is -0.834. The molecule has 16 heavy (non-hydrogen) atoms. The van der Waals surface area contributed by atoms with Crippen molar-refractivity contribution in [3.05, 3.63) is 29.3 Å². The molecule has 0 saturated carbocycles. The van der Waals surface area contributed by atoms with Gasteiger partial charge in [-0.05, 0) is 31.0 Å². The van der Waals surface area contributed by atoms with E-state index in [1.54, 1.807) is 26.0 Å². The van der Waals surface area contributed by atoms with Crippen molar-refractivity contribution in [3.63, 3.8) is 0 Å². The molecule has 0 aliphatic carbocycles. The van der Waals surface area contributed by atoms with Crippen LogP contribution in [0.5, 0.6) is 0 Å². The predicted octanol–water partition coefficient (Wildman–Crippen LogP) is 0.987. The highest BCUT2D eigenvalue weighted by Crippen LogP contribution is 2.21. The largest absolute Gasteiger partial charge is 0.369 e. The molecular formula is C11H15NO3S. The molecule has 0 spiro atoms. The molecule has 0 radical (unpaired) electrons. The molecule has 0 saturated heterocycles. The Morgan fingerprint density at radius 1 is 1.38 bits per heavy atom. The highest BCUT2D eigenvalue weighted by atomic mass is 32.2. The van der Waals surface area contributed by atoms with Gasteiger partial charge in [0, 0.05) is 6.26 Å². The van der Waals surface area contributed by atoms with E-state index >= 15 is 0 Å². The summed E-state index contributed by atoms with van der Waals surface area (Å²) >= 11 is 0. The van der Waals surface area contributed by atoms with Crippen LogP contribution < -0.4 is 5.73 Å². The van der Waals surface area contributed by atoms with Crippen LogP contribution in [0.15, 0.2) is 23.1 Å². The molecule has 1 atom stereocenters. The Morgan fingerprint density at radius 2 is 1.94 bits per heavy atom. The average Bonchev–Trinajstić information content (AvgIpc) is 2.14. The molecule has 0 bridgehead atoms. The SMILES string of the molecule is Cc1cc([C@@H](C)C(N)=O)ccc1S(C)(=O)=O. The Hall–Kier alpha value is -1.36. The van der Waals surface area contributed by atoms with Gasteiger partial charge in [0.1, 0.15) is 0 Å². The molecule has 0 unspecified atom stereocenters. The Kier molecular flexibility index (Phi) is 3.38. The third-order valence-electron chi connectivity index (χ3n) is 2.53. The molecule has 1 aromatic rings. The van der Waals surface area contributed by atoms with E-state index in [4.69, 9.17) is 5.73 Å². The third kappa shape index (κ3) is 2.61. The number of aryl methyl sites for hydroxylation is 1. The lowest BCUT2D eigenvalue weighted by Crippen LogP contribution is -2.19. The number of carbonyl (C=O) groups is 1. The fourth-order valence-electron chi connectivity index (χ4n) is 1.52. The quantitative estimate of drug-likeness (QED) is 0.857. The van der Waals surface area contributed by atoms with Crippen LogP contribution in [-0.2, 0) is 14.6 Å². The van der Waals surface area contributed by atoms with Gasteiger partial charge in [-0.25, -0.2) is 8.42 Å². The van der Waals surface area contributed by atoms with Crippen molar-refractivity contribution in [1.82, 2.24) is 0 Å². The first-order valence-corrected chi connectivity index (χ1v) is 6.72. The van der Waals surface area contributed by atoms with Crippen molar-refractivity contribution < 1.29 is 13.2 Å². The number of hydrogen-bond donors (Lipinski definition) is 1. The highest BCUT2D eigenvalue weighted by Gasteiger charge is 2.15. The fraction of sp³-hybridized carbons (Fsp3) is 0.364. The normalized spacial score (nSPS) is 13.4. The zero-order valence-corrected chi connectivity index (χ0v) is 10.3. The standard InChI is InChI=1S/C11H15NO3S/c1-7-6-9(8(2)11(12)13)4-5-10(7)16(3,14)15/h4-6,8H,1-3H3,(H2,12,13)/t8-/m1/s1. The van der Waals surface area contributed by atoms with Gasteiger partial charge in [-0.3, -0.25) is 4.79 Å². The molecule has 4 nitrogen and oxygen atoms in total. The number of sulfone groups is 1. The molecule has 88 valence electrons. The highest BCUT2D eigenvalue weighted by molar-refractivity contribution is 7.90. The molecule has 0 fully saturated rings. The zero-order chi connectivity index (χ0) is 12.5. The van der Waals surface area contributed by atoms with Gasteiger partial charge < -0.3 is 5.73 Å². The second-order valence-electron chi connectivity index (χ2n) is 3.92.